The normalized spacial score (nSPS) is 18.1. The van der Waals surface area contributed by atoms with Crippen molar-refractivity contribution in [2.75, 3.05) is 38.6 Å². The number of amides is 1. The van der Waals surface area contributed by atoms with Gasteiger partial charge in [0.1, 0.15) is 17.7 Å². The van der Waals surface area contributed by atoms with Crippen LogP contribution < -0.4 is 5.32 Å². The topological polar surface area (TPSA) is 87.7 Å². The smallest absolute Gasteiger partial charge is 0.328 e. The van der Waals surface area contributed by atoms with Gasteiger partial charge in [-0.05, 0) is 36.8 Å². The largest absolute Gasteiger partial charge is 0.467 e. The number of fused-ring (bicyclic) bond motifs is 1. The first kappa shape index (κ1) is 22.5. The number of hydrogen-bond acceptors (Lipinski definition) is 7. The molecule has 172 valence electrons. The average molecular weight is 440 g/mol. The molecule has 32 heavy (non-hydrogen) atoms. The molecule has 1 N–H and O–H groups in total. The second kappa shape index (κ2) is 9.81. The van der Waals surface area contributed by atoms with Crippen LogP contribution in [-0.4, -0.2) is 71.0 Å². The molecule has 1 aliphatic carbocycles. The molecule has 8 heteroatoms. The summed E-state index contributed by atoms with van der Waals surface area (Å²) in [6.45, 7) is 7.68. The average Bonchev–Trinajstić information content (AvgIpc) is 3.61. The summed E-state index contributed by atoms with van der Waals surface area (Å²) in [5, 5.41) is 4.17. The summed E-state index contributed by atoms with van der Waals surface area (Å²) in [4.78, 5) is 38.5. The van der Waals surface area contributed by atoms with Gasteiger partial charge < -0.3 is 15.0 Å². The molecule has 4 rings (SSSR count). The fourth-order valence-corrected chi connectivity index (χ4v) is 4.13. The van der Waals surface area contributed by atoms with Crippen molar-refractivity contribution >= 4 is 28.6 Å². The Bertz CT molecular complexity index is 967. The van der Waals surface area contributed by atoms with E-state index in [0.29, 0.717) is 36.4 Å². The summed E-state index contributed by atoms with van der Waals surface area (Å²) in [6.07, 6.45) is 3.12. The molecule has 1 saturated carbocycles. The van der Waals surface area contributed by atoms with Gasteiger partial charge in [-0.2, -0.15) is 0 Å². The number of rotatable bonds is 8. The van der Waals surface area contributed by atoms with Crippen LogP contribution in [0.1, 0.15) is 38.9 Å². The van der Waals surface area contributed by atoms with E-state index in [-0.39, 0.29) is 11.9 Å². The van der Waals surface area contributed by atoms with Gasteiger partial charge >= 0.3 is 5.97 Å². The van der Waals surface area contributed by atoms with Gasteiger partial charge in [0, 0.05) is 38.0 Å². The maximum atomic E-state index is 12.4. The van der Waals surface area contributed by atoms with Crippen LogP contribution in [0.25, 0.3) is 10.9 Å². The highest BCUT2D eigenvalue weighted by molar-refractivity contribution is 5.91. The summed E-state index contributed by atoms with van der Waals surface area (Å²) in [5.41, 5.74) is 0.839. The molecule has 1 saturated heterocycles. The Balaban J connectivity index is 1.47. The van der Waals surface area contributed by atoms with Crippen molar-refractivity contribution in [3.8, 4) is 0 Å². The summed E-state index contributed by atoms with van der Waals surface area (Å²) in [6, 6.07) is 7.32. The standard InChI is InChI=1S/C24H33N5O3/c1-16(2)22(24(31)32-3)27-23-18-6-4-5-7-19(18)25-20(26-23)15-28-10-12-29(13-11-28)21(30)14-17-8-9-17/h4-7,16-17,22H,8-15H2,1-3H3,(H,25,26,27)/t22-/m0/s1. The number of nitrogens with zero attached hydrogens (tertiary/aromatic N) is 4. The first-order chi connectivity index (χ1) is 15.4. The molecule has 0 unspecified atom stereocenters. The number of ether oxygens (including phenoxy) is 1. The van der Waals surface area contributed by atoms with Gasteiger partial charge in [-0.3, -0.25) is 9.69 Å². The molecule has 1 aromatic heterocycles. The number of carbonyl (C=O) groups is 2. The number of para-hydroxylation sites is 1. The number of esters is 1. The molecule has 8 nitrogen and oxygen atoms in total. The minimum Gasteiger partial charge on any atom is -0.467 e. The molecule has 1 aromatic carbocycles. The molecular weight excluding hydrogens is 406 g/mol. The molecule has 1 amide bonds. The van der Waals surface area contributed by atoms with Crippen LogP contribution >= 0.6 is 0 Å². The number of aromatic nitrogens is 2. The Morgan fingerprint density at radius 3 is 2.50 bits per heavy atom. The Morgan fingerprint density at radius 1 is 1.12 bits per heavy atom. The van der Waals surface area contributed by atoms with Crippen molar-refractivity contribution in [1.29, 1.82) is 0 Å². The number of anilines is 1. The number of carbonyl (C=O) groups excluding carboxylic acids is 2. The van der Waals surface area contributed by atoms with E-state index in [9.17, 15) is 9.59 Å². The van der Waals surface area contributed by atoms with Gasteiger partial charge in [0.2, 0.25) is 5.91 Å². The zero-order valence-corrected chi connectivity index (χ0v) is 19.2. The monoisotopic (exact) mass is 439 g/mol. The van der Waals surface area contributed by atoms with Crippen molar-refractivity contribution < 1.29 is 14.3 Å². The first-order valence-electron chi connectivity index (χ1n) is 11.5. The third-order valence-electron chi connectivity index (χ3n) is 6.31. The molecule has 0 spiro atoms. The van der Waals surface area contributed by atoms with E-state index in [2.05, 4.69) is 10.2 Å². The van der Waals surface area contributed by atoms with Crippen molar-refractivity contribution in [3.05, 3.63) is 30.1 Å². The van der Waals surface area contributed by atoms with Gasteiger partial charge in [0.15, 0.2) is 0 Å². The van der Waals surface area contributed by atoms with E-state index in [1.165, 1.54) is 20.0 Å². The fraction of sp³-hybridized carbons (Fsp3) is 0.583. The lowest BCUT2D eigenvalue weighted by Gasteiger charge is -2.34. The lowest BCUT2D eigenvalue weighted by molar-refractivity contribution is -0.142. The number of hydrogen-bond donors (Lipinski definition) is 1. The minimum absolute atomic E-state index is 0.0425. The Labute approximate surface area is 189 Å². The Hall–Kier alpha value is -2.74. The third-order valence-corrected chi connectivity index (χ3v) is 6.31. The van der Waals surface area contributed by atoms with Gasteiger partial charge in [-0.1, -0.05) is 26.0 Å². The molecule has 0 bridgehead atoms. The summed E-state index contributed by atoms with van der Waals surface area (Å²) < 4.78 is 4.98. The maximum Gasteiger partial charge on any atom is 0.328 e. The van der Waals surface area contributed by atoms with Crippen LogP contribution in [0.4, 0.5) is 5.82 Å². The number of nitrogens with one attached hydrogen (secondary N) is 1. The quantitative estimate of drug-likeness (QED) is 0.633. The number of piperazine rings is 1. The van der Waals surface area contributed by atoms with Crippen LogP contribution in [0.3, 0.4) is 0 Å². The Morgan fingerprint density at radius 2 is 1.84 bits per heavy atom. The highest BCUT2D eigenvalue weighted by Gasteiger charge is 2.29. The van der Waals surface area contributed by atoms with Crippen LogP contribution in [0.2, 0.25) is 0 Å². The minimum atomic E-state index is -0.493. The van der Waals surface area contributed by atoms with Crippen LogP contribution in [0.15, 0.2) is 24.3 Å². The molecule has 2 fully saturated rings. The summed E-state index contributed by atoms with van der Waals surface area (Å²) in [7, 11) is 1.40. The molecule has 1 atom stereocenters. The highest BCUT2D eigenvalue weighted by atomic mass is 16.5. The van der Waals surface area contributed by atoms with Crippen LogP contribution in [0.5, 0.6) is 0 Å². The van der Waals surface area contributed by atoms with Gasteiger partial charge in [-0.25, -0.2) is 14.8 Å². The molecular formula is C24H33N5O3. The van der Waals surface area contributed by atoms with E-state index < -0.39 is 6.04 Å². The van der Waals surface area contributed by atoms with Crippen molar-refractivity contribution in [2.24, 2.45) is 11.8 Å². The number of methoxy groups -OCH3 is 1. The van der Waals surface area contributed by atoms with E-state index in [1.54, 1.807) is 0 Å². The predicted octanol–water partition coefficient (Wildman–Crippen LogP) is 2.68. The third kappa shape index (κ3) is 5.35. The first-order valence-corrected chi connectivity index (χ1v) is 11.5. The van der Waals surface area contributed by atoms with Gasteiger partial charge in [0.05, 0.1) is 19.2 Å². The summed E-state index contributed by atoms with van der Waals surface area (Å²) >= 11 is 0. The highest BCUT2D eigenvalue weighted by Crippen LogP contribution is 2.33. The Kier molecular flexibility index (Phi) is 6.89. The van der Waals surface area contributed by atoms with E-state index in [0.717, 1.165) is 37.1 Å². The molecule has 2 aliphatic rings. The van der Waals surface area contributed by atoms with Crippen LogP contribution in [0, 0.1) is 11.8 Å². The maximum absolute atomic E-state index is 12.4. The van der Waals surface area contributed by atoms with Crippen LogP contribution in [-0.2, 0) is 20.9 Å². The van der Waals surface area contributed by atoms with E-state index in [1.807, 2.05) is 43.0 Å². The zero-order valence-electron chi connectivity index (χ0n) is 19.2. The lowest BCUT2D eigenvalue weighted by Crippen LogP contribution is -2.48. The molecule has 2 heterocycles. The van der Waals surface area contributed by atoms with Crippen molar-refractivity contribution in [2.45, 2.75) is 45.7 Å². The van der Waals surface area contributed by atoms with Gasteiger partial charge in [0.25, 0.3) is 0 Å². The van der Waals surface area contributed by atoms with E-state index >= 15 is 0 Å². The molecule has 2 aromatic rings. The van der Waals surface area contributed by atoms with Crippen molar-refractivity contribution in [3.63, 3.8) is 0 Å². The second-order valence-corrected chi connectivity index (χ2v) is 9.20. The molecule has 1 aliphatic heterocycles. The fourth-order valence-electron chi connectivity index (χ4n) is 4.13. The predicted molar refractivity (Wildman–Crippen MR) is 123 cm³/mol. The zero-order chi connectivity index (χ0) is 22.7. The summed E-state index contributed by atoms with van der Waals surface area (Å²) in [5.74, 6) is 2.00. The number of benzene rings is 1. The lowest BCUT2D eigenvalue weighted by atomic mass is 10.0. The van der Waals surface area contributed by atoms with E-state index in [4.69, 9.17) is 14.7 Å². The molecule has 0 radical (unpaired) electrons. The second-order valence-electron chi connectivity index (χ2n) is 9.20. The SMILES string of the molecule is COC(=O)[C@@H](Nc1nc(CN2CCN(C(=O)CC3CC3)CC2)nc2ccccc12)C(C)C. The van der Waals surface area contributed by atoms with Gasteiger partial charge in [-0.15, -0.1) is 0 Å². The van der Waals surface area contributed by atoms with Crippen molar-refractivity contribution in [1.82, 2.24) is 19.8 Å².